The molecular weight excluding hydrogens is 274 g/mol. The Morgan fingerprint density at radius 1 is 1.32 bits per heavy atom. The highest BCUT2D eigenvalue weighted by Gasteiger charge is 2.36. The molecule has 3 aliphatic carbocycles. The molecule has 122 valence electrons. The molecule has 1 aromatic heterocycles. The van der Waals surface area contributed by atoms with E-state index in [2.05, 4.69) is 56.2 Å². The lowest BCUT2D eigenvalue weighted by Crippen LogP contribution is -2.47. The van der Waals surface area contributed by atoms with Crippen LogP contribution in [0.15, 0.2) is 16.2 Å². The van der Waals surface area contributed by atoms with E-state index in [1.807, 2.05) is 0 Å². The van der Waals surface area contributed by atoms with E-state index in [1.165, 1.54) is 25.7 Å². The Morgan fingerprint density at radius 2 is 2.05 bits per heavy atom. The van der Waals surface area contributed by atoms with E-state index >= 15 is 0 Å². The summed E-state index contributed by atoms with van der Waals surface area (Å²) in [5.74, 6) is 2.98. The molecule has 4 heteroatoms. The van der Waals surface area contributed by atoms with Crippen LogP contribution in [-0.2, 0) is 12.0 Å². The zero-order valence-corrected chi connectivity index (χ0v) is 14.6. The number of nitrogens with zero attached hydrogens (tertiary/aromatic N) is 2. The van der Waals surface area contributed by atoms with Crippen molar-refractivity contribution in [1.29, 1.82) is 0 Å². The highest BCUT2D eigenvalue weighted by molar-refractivity contribution is 5.18. The Kier molecular flexibility index (Phi) is 3.92. The molecule has 3 aliphatic rings. The smallest absolute Gasteiger partial charge is 0.232 e. The third-order valence-corrected chi connectivity index (χ3v) is 4.92. The van der Waals surface area contributed by atoms with Crippen LogP contribution in [0.1, 0.15) is 72.0 Å². The minimum Gasteiger partial charge on any atom is -0.339 e. The second-order valence-electron chi connectivity index (χ2n) is 8.66. The number of hydrogen-bond acceptors (Lipinski definition) is 4. The van der Waals surface area contributed by atoms with Gasteiger partial charge in [0.15, 0.2) is 5.82 Å². The number of aromatic nitrogens is 2. The maximum atomic E-state index is 5.39. The highest BCUT2D eigenvalue weighted by atomic mass is 16.5. The predicted molar refractivity (Wildman–Crippen MR) is 87.4 cm³/mol. The third kappa shape index (κ3) is 3.43. The normalized spacial score (nSPS) is 32.0. The lowest BCUT2D eigenvalue weighted by molar-refractivity contribution is 0.198. The summed E-state index contributed by atoms with van der Waals surface area (Å²) in [4.78, 5) is 4.53. The Bertz CT molecular complexity index is 561. The van der Waals surface area contributed by atoms with Crippen molar-refractivity contribution >= 4 is 0 Å². The van der Waals surface area contributed by atoms with E-state index in [0.717, 1.165) is 11.7 Å². The Hall–Kier alpha value is -1.16. The number of fused-ring (bicyclic) bond motifs is 4. The van der Waals surface area contributed by atoms with E-state index in [4.69, 9.17) is 4.52 Å². The van der Waals surface area contributed by atoms with Crippen LogP contribution in [0.3, 0.4) is 0 Å². The number of allylic oxidation sites excluding steroid dienone is 2. The summed E-state index contributed by atoms with van der Waals surface area (Å²) in [5.41, 5.74) is 1.75. The van der Waals surface area contributed by atoms with Gasteiger partial charge in [-0.1, -0.05) is 44.5 Å². The fourth-order valence-electron chi connectivity index (χ4n) is 3.92. The summed E-state index contributed by atoms with van der Waals surface area (Å²) in [6, 6.07) is 0. The molecule has 2 unspecified atom stereocenters. The Morgan fingerprint density at radius 3 is 2.68 bits per heavy atom. The van der Waals surface area contributed by atoms with Crippen molar-refractivity contribution in [3.05, 3.63) is 23.4 Å². The molecule has 2 atom stereocenters. The number of rotatable bonds is 3. The molecule has 0 spiro atoms. The average molecular weight is 303 g/mol. The summed E-state index contributed by atoms with van der Waals surface area (Å²) in [7, 11) is 0. The number of nitrogens with one attached hydrogen (secondary N) is 1. The van der Waals surface area contributed by atoms with Gasteiger partial charge in [0.1, 0.15) is 0 Å². The van der Waals surface area contributed by atoms with Gasteiger partial charge in [0.05, 0.1) is 6.54 Å². The van der Waals surface area contributed by atoms with E-state index in [1.54, 1.807) is 5.57 Å². The van der Waals surface area contributed by atoms with Crippen LogP contribution < -0.4 is 5.32 Å². The monoisotopic (exact) mass is 303 g/mol. The van der Waals surface area contributed by atoms with E-state index < -0.39 is 0 Å². The fraction of sp³-hybridized carbons (Fsp3) is 0.778. The molecular formula is C18H29N3O. The first-order valence-electron chi connectivity index (χ1n) is 8.51. The first kappa shape index (κ1) is 15.7. The van der Waals surface area contributed by atoms with Crippen LogP contribution >= 0.6 is 0 Å². The molecule has 0 aliphatic heterocycles. The number of hydrogen-bond donors (Lipinski definition) is 1. The van der Waals surface area contributed by atoms with Gasteiger partial charge in [-0.05, 0) is 44.4 Å². The molecule has 22 heavy (non-hydrogen) atoms. The van der Waals surface area contributed by atoms with E-state index in [9.17, 15) is 0 Å². The van der Waals surface area contributed by atoms with Gasteiger partial charge in [0.2, 0.25) is 5.89 Å². The molecule has 4 nitrogen and oxygen atoms in total. The predicted octanol–water partition coefficient (Wildman–Crippen LogP) is 3.98. The van der Waals surface area contributed by atoms with Crippen LogP contribution in [0.25, 0.3) is 0 Å². The van der Waals surface area contributed by atoms with Gasteiger partial charge in [-0.2, -0.15) is 4.98 Å². The topological polar surface area (TPSA) is 51.0 Å². The zero-order valence-electron chi connectivity index (χ0n) is 14.6. The first-order chi connectivity index (χ1) is 10.2. The van der Waals surface area contributed by atoms with Gasteiger partial charge < -0.3 is 9.84 Å². The van der Waals surface area contributed by atoms with Crippen LogP contribution in [0.4, 0.5) is 0 Å². The van der Waals surface area contributed by atoms with E-state index in [0.29, 0.717) is 18.4 Å². The van der Waals surface area contributed by atoms with Gasteiger partial charge in [-0.15, -0.1) is 0 Å². The standard InChI is InChI=1S/C18H29N3O/c1-12-6-13-7-14(8-13)10-18(5,9-12)19-11-15-20-16(22-21-15)17(2,3)4/h6,12,14,19H,7-11H2,1-5H3. The molecule has 0 saturated heterocycles. The minimum absolute atomic E-state index is 0.0863. The van der Waals surface area contributed by atoms with Gasteiger partial charge in [0, 0.05) is 11.0 Å². The fourth-order valence-corrected chi connectivity index (χ4v) is 3.92. The van der Waals surface area contributed by atoms with Crippen molar-refractivity contribution in [2.24, 2.45) is 11.8 Å². The summed E-state index contributed by atoms with van der Waals surface area (Å²) < 4.78 is 5.39. The Labute approximate surface area is 133 Å². The van der Waals surface area contributed by atoms with Gasteiger partial charge in [-0.3, -0.25) is 0 Å². The summed E-state index contributed by atoms with van der Waals surface area (Å²) in [6.45, 7) is 11.7. The molecule has 1 fully saturated rings. The summed E-state index contributed by atoms with van der Waals surface area (Å²) >= 11 is 0. The van der Waals surface area contributed by atoms with Gasteiger partial charge in [-0.25, -0.2) is 0 Å². The minimum atomic E-state index is -0.0863. The highest BCUT2D eigenvalue weighted by Crippen LogP contribution is 2.43. The molecule has 1 aromatic rings. The van der Waals surface area contributed by atoms with Crippen molar-refractivity contribution < 1.29 is 4.52 Å². The summed E-state index contributed by atoms with van der Waals surface area (Å²) in [5, 5.41) is 7.85. The largest absolute Gasteiger partial charge is 0.339 e. The molecule has 1 N–H and O–H groups in total. The molecule has 0 aromatic carbocycles. The molecule has 1 saturated carbocycles. The third-order valence-electron chi connectivity index (χ3n) is 4.92. The SMILES string of the molecule is CC1C=C2CC(C2)CC(C)(NCc2noc(C(C)(C)C)n2)C1. The van der Waals surface area contributed by atoms with Crippen molar-refractivity contribution in [2.75, 3.05) is 0 Å². The first-order valence-corrected chi connectivity index (χ1v) is 8.51. The van der Waals surface area contributed by atoms with Crippen LogP contribution in [0, 0.1) is 11.8 Å². The summed E-state index contributed by atoms with van der Waals surface area (Å²) in [6.07, 6.45) is 7.52. The zero-order chi connectivity index (χ0) is 16.0. The van der Waals surface area contributed by atoms with Gasteiger partial charge >= 0.3 is 0 Å². The van der Waals surface area contributed by atoms with Crippen LogP contribution in [0.5, 0.6) is 0 Å². The van der Waals surface area contributed by atoms with Crippen molar-refractivity contribution in [3.63, 3.8) is 0 Å². The van der Waals surface area contributed by atoms with Crippen LogP contribution in [-0.4, -0.2) is 15.7 Å². The van der Waals surface area contributed by atoms with Crippen LogP contribution in [0.2, 0.25) is 0 Å². The van der Waals surface area contributed by atoms with Crippen molar-refractivity contribution in [1.82, 2.24) is 15.5 Å². The van der Waals surface area contributed by atoms with E-state index in [-0.39, 0.29) is 11.0 Å². The van der Waals surface area contributed by atoms with Crippen molar-refractivity contribution in [3.8, 4) is 0 Å². The van der Waals surface area contributed by atoms with Crippen molar-refractivity contribution in [2.45, 2.75) is 77.8 Å². The average Bonchev–Trinajstić information content (AvgIpc) is 2.80. The Balaban J connectivity index is 1.64. The molecule has 0 radical (unpaired) electrons. The second kappa shape index (κ2) is 5.48. The molecule has 4 rings (SSSR count). The lowest BCUT2D eigenvalue weighted by Gasteiger charge is -2.43. The molecule has 1 heterocycles. The molecule has 2 bridgehead atoms. The quantitative estimate of drug-likeness (QED) is 0.858. The maximum Gasteiger partial charge on any atom is 0.232 e. The second-order valence-corrected chi connectivity index (χ2v) is 8.66. The van der Waals surface area contributed by atoms with Gasteiger partial charge in [0.25, 0.3) is 0 Å². The lowest BCUT2D eigenvalue weighted by atomic mass is 9.67. The molecule has 0 amide bonds. The maximum absolute atomic E-state index is 5.39.